The first-order chi connectivity index (χ1) is 11.0. The summed E-state index contributed by atoms with van der Waals surface area (Å²) in [4.78, 5) is 31.4. The number of hydrogen-bond donors (Lipinski definition) is 2. The third-order valence-corrected chi connectivity index (χ3v) is 3.35. The van der Waals surface area contributed by atoms with Crippen molar-refractivity contribution in [2.24, 2.45) is 0 Å². The minimum Gasteiger partial charge on any atom is -0.448 e. The maximum Gasteiger partial charge on any atom is 0.361 e. The molecule has 2 aromatic rings. The lowest BCUT2D eigenvalue weighted by atomic mass is 10.2. The maximum atomic E-state index is 12.0. The second-order valence-electron chi connectivity index (χ2n) is 4.65. The Balaban J connectivity index is 1.91. The van der Waals surface area contributed by atoms with Crippen LogP contribution in [0, 0.1) is 0 Å². The molecule has 1 heterocycles. The van der Waals surface area contributed by atoms with Gasteiger partial charge in [-0.15, -0.1) is 0 Å². The molecule has 0 saturated carbocycles. The standard InChI is InChI=1S/C15H15ClN4O3/c1-9(23-15(22)12-13(17)19-7-6-18-12)14(21)20-8-10-4-2-3-5-11(10)16/h2-7,9H,8H2,1H3,(H2,17,19)(H,20,21)/t9-/m0/s1. The average molecular weight is 335 g/mol. The van der Waals surface area contributed by atoms with Crippen LogP contribution in [0.1, 0.15) is 23.0 Å². The molecule has 120 valence electrons. The highest BCUT2D eigenvalue weighted by molar-refractivity contribution is 6.31. The van der Waals surface area contributed by atoms with Crippen molar-refractivity contribution < 1.29 is 14.3 Å². The lowest BCUT2D eigenvalue weighted by molar-refractivity contribution is -0.129. The number of carbonyl (C=O) groups excluding carboxylic acids is 2. The number of esters is 1. The second-order valence-corrected chi connectivity index (χ2v) is 5.05. The molecule has 2 rings (SSSR count). The zero-order valence-corrected chi connectivity index (χ0v) is 13.1. The van der Waals surface area contributed by atoms with E-state index in [9.17, 15) is 9.59 Å². The van der Waals surface area contributed by atoms with Gasteiger partial charge < -0.3 is 15.8 Å². The average Bonchev–Trinajstić information content (AvgIpc) is 2.54. The number of nitrogens with two attached hydrogens (primary N) is 1. The monoisotopic (exact) mass is 334 g/mol. The van der Waals surface area contributed by atoms with Crippen LogP contribution in [-0.2, 0) is 16.1 Å². The Bertz CT molecular complexity index is 723. The predicted octanol–water partition coefficient (Wildman–Crippen LogP) is 1.57. The predicted molar refractivity (Wildman–Crippen MR) is 84.6 cm³/mol. The summed E-state index contributed by atoms with van der Waals surface area (Å²) in [5, 5.41) is 3.19. The smallest absolute Gasteiger partial charge is 0.361 e. The van der Waals surface area contributed by atoms with Crippen LogP contribution in [0.3, 0.4) is 0 Å². The summed E-state index contributed by atoms with van der Waals surface area (Å²) in [6.07, 6.45) is 1.66. The van der Waals surface area contributed by atoms with Crippen LogP contribution in [0.5, 0.6) is 0 Å². The van der Waals surface area contributed by atoms with E-state index in [0.717, 1.165) is 5.56 Å². The number of anilines is 1. The van der Waals surface area contributed by atoms with E-state index < -0.39 is 18.0 Å². The summed E-state index contributed by atoms with van der Waals surface area (Å²) in [5.74, 6) is -1.32. The van der Waals surface area contributed by atoms with Gasteiger partial charge >= 0.3 is 5.97 Å². The first-order valence-corrected chi connectivity index (χ1v) is 7.15. The lowest BCUT2D eigenvalue weighted by Crippen LogP contribution is -2.35. The van der Waals surface area contributed by atoms with Gasteiger partial charge in [0.05, 0.1) is 0 Å². The highest BCUT2D eigenvalue weighted by atomic mass is 35.5. The van der Waals surface area contributed by atoms with Crippen molar-refractivity contribution in [1.82, 2.24) is 15.3 Å². The molecule has 0 spiro atoms. The molecule has 1 atom stereocenters. The molecule has 23 heavy (non-hydrogen) atoms. The molecule has 0 bridgehead atoms. The van der Waals surface area contributed by atoms with Gasteiger partial charge in [0.2, 0.25) is 0 Å². The fourth-order valence-electron chi connectivity index (χ4n) is 1.74. The van der Waals surface area contributed by atoms with Crippen molar-refractivity contribution in [3.63, 3.8) is 0 Å². The number of amides is 1. The maximum absolute atomic E-state index is 12.0. The number of ether oxygens (including phenoxy) is 1. The number of halogens is 1. The Morgan fingerprint density at radius 1 is 1.30 bits per heavy atom. The third kappa shape index (κ3) is 4.40. The van der Waals surface area contributed by atoms with Gasteiger partial charge in [-0.25, -0.2) is 14.8 Å². The Kier molecular flexibility index (Phi) is 5.48. The van der Waals surface area contributed by atoms with Crippen LogP contribution in [0.25, 0.3) is 0 Å². The molecule has 8 heteroatoms. The highest BCUT2D eigenvalue weighted by Crippen LogP contribution is 2.14. The van der Waals surface area contributed by atoms with E-state index in [4.69, 9.17) is 22.1 Å². The summed E-state index contributed by atoms with van der Waals surface area (Å²) in [5.41, 5.74) is 6.17. The van der Waals surface area contributed by atoms with Crippen LogP contribution < -0.4 is 11.1 Å². The molecular weight excluding hydrogens is 320 g/mol. The number of nitrogen functional groups attached to an aromatic ring is 1. The summed E-state index contributed by atoms with van der Waals surface area (Å²) >= 11 is 6.00. The largest absolute Gasteiger partial charge is 0.448 e. The number of benzene rings is 1. The first kappa shape index (κ1) is 16.7. The van der Waals surface area contributed by atoms with Crippen LogP contribution in [0.15, 0.2) is 36.7 Å². The van der Waals surface area contributed by atoms with Gasteiger partial charge in [0, 0.05) is 24.0 Å². The van der Waals surface area contributed by atoms with E-state index in [-0.39, 0.29) is 18.1 Å². The van der Waals surface area contributed by atoms with E-state index in [2.05, 4.69) is 15.3 Å². The topological polar surface area (TPSA) is 107 Å². The van der Waals surface area contributed by atoms with Gasteiger partial charge in [0.1, 0.15) is 0 Å². The summed E-state index contributed by atoms with van der Waals surface area (Å²) < 4.78 is 5.03. The van der Waals surface area contributed by atoms with Crippen molar-refractivity contribution >= 4 is 29.3 Å². The van der Waals surface area contributed by atoms with E-state index in [1.807, 2.05) is 6.07 Å². The number of carbonyl (C=O) groups is 2. The lowest BCUT2D eigenvalue weighted by Gasteiger charge is -2.14. The van der Waals surface area contributed by atoms with Crippen molar-refractivity contribution in [3.8, 4) is 0 Å². The van der Waals surface area contributed by atoms with E-state index in [0.29, 0.717) is 5.02 Å². The molecule has 0 unspecified atom stereocenters. The summed E-state index contributed by atoms with van der Waals surface area (Å²) in [6.45, 7) is 1.68. The van der Waals surface area contributed by atoms with Crippen LogP contribution >= 0.6 is 11.6 Å². The van der Waals surface area contributed by atoms with Gasteiger partial charge in [-0.05, 0) is 18.6 Å². The number of aromatic nitrogens is 2. The molecular formula is C15H15ClN4O3. The molecule has 1 amide bonds. The van der Waals surface area contributed by atoms with Crippen LogP contribution in [0.2, 0.25) is 5.02 Å². The molecule has 7 nitrogen and oxygen atoms in total. The zero-order chi connectivity index (χ0) is 16.8. The number of nitrogens with zero attached hydrogens (tertiary/aromatic N) is 2. The van der Waals surface area contributed by atoms with Crippen molar-refractivity contribution in [3.05, 3.63) is 52.9 Å². The van der Waals surface area contributed by atoms with Crippen molar-refractivity contribution in [1.29, 1.82) is 0 Å². The van der Waals surface area contributed by atoms with Gasteiger partial charge in [-0.3, -0.25) is 4.79 Å². The van der Waals surface area contributed by atoms with Crippen molar-refractivity contribution in [2.75, 3.05) is 5.73 Å². The Morgan fingerprint density at radius 2 is 2.00 bits per heavy atom. The molecule has 0 radical (unpaired) electrons. The summed E-state index contributed by atoms with van der Waals surface area (Å²) in [6, 6.07) is 7.12. The highest BCUT2D eigenvalue weighted by Gasteiger charge is 2.21. The first-order valence-electron chi connectivity index (χ1n) is 6.77. The number of hydrogen-bond acceptors (Lipinski definition) is 6. The molecule has 0 fully saturated rings. The Hall–Kier alpha value is -2.67. The fourth-order valence-corrected chi connectivity index (χ4v) is 1.95. The van der Waals surface area contributed by atoms with Gasteiger partial charge in [0.15, 0.2) is 17.6 Å². The molecule has 0 aliphatic heterocycles. The van der Waals surface area contributed by atoms with Crippen molar-refractivity contribution in [2.45, 2.75) is 19.6 Å². The van der Waals surface area contributed by atoms with Gasteiger partial charge in [-0.2, -0.15) is 0 Å². The molecule has 1 aromatic carbocycles. The molecule has 0 aliphatic rings. The number of nitrogens with one attached hydrogen (secondary N) is 1. The normalized spacial score (nSPS) is 11.6. The molecule has 0 saturated heterocycles. The Labute approximate surface area is 137 Å². The summed E-state index contributed by atoms with van der Waals surface area (Å²) in [7, 11) is 0. The van der Waals surface area contributed by atoms with E-state index in [1.54, 1.807) is 18.2 Å². The van der Waals surface area contributed by atoms with Crippen LogP contribution in [0.4, 0.5) is 5.82 Å². The zero-order valence-electron chi connectivity index (χ0n) is 12.3. The van der Waals surface area contributed by atoms with Gasteiger partial charge in [0.25, 0.3) is 5.91 Å². The third-order valence-electron chi connectivity index (χ3n) is 2.98. The fraction of sp³-hybridized carbons (Fsp3) is 0.200. The SMILES string of the molecule is C[C@H](OC(=O)c1nccnc1N)C(=O)NCc1ccccc1Cl. The van der Waals surface area contributed by atoms with Crippen LogP contribution in [-0.4, -0.2) is 27.9 Å². The minimum atomic E-state index is -1.01. The molecule has 1 aromatic heterocycles. The van der Waals surface area contributed by atoms with E-state index >= 15 is 0 Å². The molecule has 3 N–H and O–H groups in total. The van der Waals surface area contributed by atoms with Gasteiger partial charge in [-0.1, -0.05) is 29.8 Å². The number of rotatable bonds is 5. The Morgan fingerprint density at radius 3 is 2.70 bits per heavy atom. The van der Waals surface area contributed by atoms with E-state index in [1.165, 1.54) is 19.3 Å². The second kappa shape index (κ2) is 7.55. The molecule has 0 aliphatic carbocycles. The minimum absolute atomic E-state index is 0.0545. The quantitative estimate of drug-likeness (QED) is 0.804.